The minimum Gasteiger partial charge on any atom is -0.465 e. The summed E-state index contributed by atoms with van der Waals surface area (Å²) in [7, 11) is -3.21. The molecule has 3 rings (SSSR count). The number of hydrogen-bond acceptors (Lipinski definition) is 5. The number of benzene rings is 1. The van der Waals surface area contributed by atoms with Gasteiger partial charge in [-0.05, 0) is 44.4 Å². The monoisotopic (exact) mass is 463 g/mol. The number of esters is 1. The van der Waals surface area contributed by atoms with E-state index in [9.17, 15) is 30.8 Å². The maximum Gasteiger partial charge on any atom is 0.416 e. The molecule has 170 valence electrons. The van der Waals surface area contributed by atoms with Crippen molar-refractivity contribution in [2.45, 2.75) is 49.8 Å². The minimum absolute atomic E-state index is 0.134. The van der Waals surface area contributed by atoms with Gasteiger partial charge in [-0.25, -0.2) is 12.8 Å². The number of sulfonamides is 1. The highest BCUT2D eigenvalue weighted by atomic mass is 32.2. The first-order valence-electron chi connectivity index (χ1n) is 9.51. The molecule has 1 heterocycles. The van der Waals surface area contributed by atoms with Crippen molar-refractivity contribution in [1.82, 2.24) is 14.1 Å². The first-order valence-corrected chi connectivity index (χ1v) is 10.9. The fourth-order valence-corrected chi connectivity index (χ4v) is 5.07. The Morgan fingerprint density at radius 1 is 1.32 bits per heavy atom. The SMILES string of the molecule is CCOC(=O)Cn1ncc2c1CCCC2N(C)S(=O)(=O)c1cc(F)cc(C(F)(F)F)c1. The lowest BCUT2D eigenvalue weighted by atomic mass is 9.93. The maximum absolute atomic E-state index is 13.8. The summed E-state index contributed by atoms with van der Waals surface area (Å²) in [6.45, 7) is 1.74. The van der Waals surface area contributed by atoms with Gasteiger partial charge in [0.25, 0.3) is 0 Å². The standard InChI is InChI=1S/C19H21F4N3O4S/c1-3-30-18(27)11-26-17-6-4-5-16(15(17)10-24-26)25(2)31(28,29)14-8-12(19(21,22)23)7-13(20)9-14/h7-10,16H,3-6,11H2,1-2H3. The van der Waals surface area contributed by atoms with E-state index < -0.39 is 44.5 Å². The number of rotatable bonds is 6. The number of fused-ring (bicyclic) bond motifs is 1. The van der Waals surface area contributed by atoms with Gasteiger partial charge in [0.2, 0.25) is 10.0 Å². The molecular weight excluding hydrogens is 442 g/mol. The number of aromatic nitrogens is 2. The fourth-order valence-electron chi connectivity index (χ4n) is 3.65. The lowest BCUT2D eigenvalue weighted by molar-refractivity contribution is -0.144. The molecule has 0 aliphatic heterocycles. The molecule has 31 heavy (non-hydrogen) atoms. The van der Waals surface area contributed by atoms with Crippen molar-refractivity contribution in [3.63, 3.8) is 0 Å². The van der Waals surface area contributed by atoms with Crippen LogP contribution in [0, 0.1) is 5.82 Å². The summed E-state index contributed by atoms with van der Waals surface area (Å²) >= 11 is 0. The van der Waals surface area contributed by atoms with Gasteiger partial charge >= 0.3 is 12.1 Å². The summed E-state index contributed by atoms with van der Waals surface area (Å²) in [6, 6.07) is 0.511. The molecule has 1 aromatic carbocycles. The van der Waals surface area contributed by atoms with Gasteiger partial charge in [0, 0.05) is 18.3 Å². The molecular formula is C19H21F4N3O4S. The van der Waals surface area contributed by atoms with Crippen molar-refractivity contribution >= 4 is 16.0 Å². The molecule has 1 aliphatic rings. The second kappa shape index (κ2) is 8.58. The zero-order valence-electron chi connectivity index (χ0n) is 16.8. The summed E-state index contributed by atoms with van der Waals surface area (Å²) in [6.07, 6.45) is -1.93. The average molecular weight is 463 g/mol. The van der Waals surface area contributed by atoms with E-state index in [2.05, 4.69) is 5.10 Å². The predicted octanol–water partition coefficient (Wildman–Crippen LogP) is 3.30. The number of carbonyl (C=O) groups excluding carboxylic acids is 1. The number of halogens is 4. The van der Waals surface area contributed by atoms with Crippen LogP contribution < -0.4 is 0 Å². The van der Waals surface area contributed by atoms with Crippen molar-refractivity contribution < 1.29 is 35.5 Å². The first kappa shape index (κ1) is 23.2. The predicted molar refractivity (Wildman–Crippen MR) is 101 cm³/mol. The maximum atomic E-state index is 13.8. The second-order valence-electron chi connectivity index (χ2n) is 7.11. The van der Waals surface area contributed by atoms with Crippen LogP contribution in [0.2, 0.25) is 0 Å². The van der Waals surface area contributed by atoms with E-state index in [1.165, 1.54) is 17.9 Å². The van der Waals surface area contributed by atoms with Crippen molar-refractivity contribution in [2.24, 2.45) is 0 Å². The van der Waals surface area contributed by atoms with E-state index in [1.54, 1.807) is 6.92 Å². The molecule has 7 nitrogen and oxygen atoms in total. The zero-order valence-corrected chi connectivity index (χ0v) is 17.6. The molecule has 0 spiro atoms. The van der Waals surface area contributed by atoms with Crippen LogP contribution in [0.25, 0.3) is 0 Å². The molecule has 0 bridgehead atoms. The number of ether oxygens (including phenoxy) is 1. The summed E-state index contributed by atoms with van der Waals surface area (Å²) in [4.78, 5) is 11.0. The highest BCUT2D eigenvalue weighted by molar-refractivity contribution is 7.89. The Morgan fingerprint density at radius 3 is 2.68 bits per heavy atom. The molecule has 0 amide bonds. The van der Waals surface area contributed by atoms with Gasteiger partial charge in [-0.1, -0.05) is 0 Å². The molecule has 0 N–H and O–H groups in total. The van der Waals surface area contributed by atoms with Crippen LogP contribution >= 0.6 is 0 Å². The minimum atomic E-state index is -4.89. The Balaban J connectivity index is 1.94. The Bertz CT molecular complexity index is 1080. The fraction of sp³-hybridized carbons (Fsp3) is 0.474. The lowest BCUT2D eigenvalue weighted by Crippen LogP contribution is -2.33. The van der Waals surface area contributed by atoms with E-state index in [1.807, 2.05) is 0 Å². The van der Waals surface area contributed by atoms with Gasteiger partial charge in [0.1, 0.15) is 12.4 Å². The van der Waals surface area contributed by atoms with Crippen LogP contribution in [0.15, 0.2) is 29.3 Å². The Labute approximate surface area is 176 Å². The van der Waals surface area contributed by atoms with Crippen LogP contribution in [-0.2, 0) is 38.7 Å². The molecule has 0 saturated carbocycles. The van der Waals surface area contributed by atoms with E-state index in [4.69, 9.17) is 4.74 Å². The zero-order chi connectivity index (χ0) is 23.0. The third-order valence-corrected chi connectivity index (χ3v) is 6.97. The van der Waals surface area contributed by atoms with Gasteiger partial charge in [-0.15, -0.1) is 0 Å². The van der Waals surface area contributed by atoms with Crippen LogP contribution in [0.5, 0.6) is 0 Å². The van der Waals surface area contributed by atoms with E-state index >= 15 is 0 Å². The average Bonchev–Trinajstić information content (AvgIpc) is 3.09. The molecule has 2 aromatic rings. The van der Waals surface area contributed by atoms with Crippen LogP contribution in [0.4, 0.5) is 17.6 Å². The van der Waals surface area contributed by atoms with Gasteiger partial charge in [0.05, 0.1) is 29.3 Å². The lowest BCUT2D eigenvalue weighted by Gasteiger charge is -2.31. The van der Waals surface area contributed by atoms with Crippen molar-refractivity contribution in [3.05, 3.63) is 47.0 Å². The first-order chi connectivity index (χ1) is 14.4. The largest absolute Gasteiger partial charge is 0.465 e. The van der Waals surface area contributed by atoms with Gasteiger partial charge < -0.3 is 4.74 Å². The molecule has 0 saturated heterocycles. The van der Waals surface area contributed by atoms with Crippen LogP contribution in [0.1, 0.15) is 42.6 Å². The molecule has 1 atom stereocenters. The number of hydrogen-bond donors (Lipinski definition) is 0. The topological polar surface area (TPSA) is 81.5 Å². The Morgan fingerprint density at radius 2 is 2.03 bits per heavy atom. The van der Waals surface area contributed by atoms with E-state index in [0.29, 0.717) is 42.7 Å². The molecule has 12 heteroatoms. The summed E-state index contributed by atoms with van der Waals surface area (Å²) < 4.78 is 86.2. The Hall–Kier alpha value is -2.47. The molecule has 1 aliphatic carbocycles. The number of nitrogens with zero attached hydrogens (tertiary/aromatic N) is 3. The smallest absolute Gasteiger partial charge is 0.416 e. The highest BCUT2D eigenvalue weighted by Crippen LogP contribution is 2.38. The van der Waals surface area contributed by atoms with Gasteiger partial charge in [-0.3, -0.25) is 9.48 Å². The molecule has 1 aromatic heterocycles. The van der Waals surface area contributed by atoms with Crippen molar-refractivity contribution in [3.8, 4) is 0 Å². The molecule has 0 fully saturated rings. The van der Waals surface area contributed by atoms with Gasteiger partial charge in [-0.2, -0.15) is 22.6 Å². The molecule has 1 unspecified atom stereocenters. The van der Waals surface area contributed by atoms with Crippen LogP contribution in [0.3, 0.4) is 0 Å². The van der Waals surface area contributed by atoms with Gasteiger partial charge in [0.15, 0.2) is 0 Å². The van der Waals surface area contributed by atoms with E-state index in [0.717, 1.165) is 4.31 Å². The molecule has 0 radical (unpaired) electrons. The summed E-state index contributed by atoms with van der Waals surface area (Å²) in [5.74, 6) is -1.79. The van der Waals surface area contributed by atoms with Crippen molar-refractivity contribution in [2.75, 3.05) is 13.7 Å². The quantitative estimate of drug-likeness (QED) is 0.485. The third kappa shape index (κ3) is 4.74. The number of carbonyl (C=O) groups is 1. The van der Waals surface area contributed by atoms with Crippen LogP contribution in [-0.4, -0.2) is 42.1 Å². The Kier molecular flexibility index (Phi) is 6.42. The summed E-state index contributed by atoms with van der Waals surface area (Å²) in [5, 5.41) is 4.15. The second-order valence-corrected chi connectivity index (χ2v) is 9.11. The van der Waals surface area contributed by atoms with Crippen molar-refractivity contribution in [1.29, 1.82) is 0 Å². The van der Waals surface area contributed by atoms with E-state index in [-0.39, 0.29) is 19.2 Å². The third-order valence-electron chi connectivity index (χ3n) is 5.13. The number of alkyl halides is 3. The normalized spacial score (nSPS) is 16.9. The highest BCUT2D eigenvalue weighted by Gasteiger charge is 2.37. The summed E-state index contributed by atoms with van der Waals surface area (Å²) in [5.41, 5.74) is -0.179.